The Morgan fingerprint density at radius 1 is 1.03 bits per heavy atom. The molecule has 1 N–H and O–H groups in total. The van der Waals surface area contributed by atoms with E-state index in [4.69, 9.17) is 4.74 Å². The lowest BCUT2D eigenvalue weighted by Crippen LogP contribution is -2.16. The number of amides is 1. The lowest BCUT2D eigenvalue weighted by atomic mass is 9.86. The normalized spacial score (nSPS) is 11.3. The molecule has 0 spiro atoms. The molecule has 33 heavy (non-hydrogen) atoms. The lowest BCUT2D eigenvalue weighted by molar-refractivity contribution is -0.115. The van der Waals surface area contributed by atoms with Gasteiger partial charge in [-0.2, -0.15) is 0 Å². The van der Waals surface area contributed by atoms with Crippen molar-refractivity contribution in [1.29, 1.82) is 0 Å². The Morgan fingerprint density at radius 3 is 2.24 bits per heavy atom. The molecule has 0 unspecified atom stereocenters. The van der Waals surface area contributed by atoms with Crippen molar-refractivity contribution in [2.24, 2.45) is 0 Å². The Morgan fingerprint density at radius 2 is 1.67 bits per heavy atom. The van der Waals surface area contributed by atoms with Crippen LogP contribution in [0.3, 0.4) is 0 Å². The van der Waals surface area contributed by atoms with Crippen LogP contribution in [0.15, 0.2) is 53.0 Å². The van der Waals surface area contributed by atoms with Gasteiger partial charge in [0.1, 0.15) is 10.6 Å². The van der Waals surface area contributed by atoms with Crippen LogP contribution in [0.5, 0.6) is 0 Å². The first kappa shape index (κ1) is 25.2. The van der Waals surface area contributed by atoms with E-state index in [9.17, 15) is 9.59 Å². The zero-order chi connectivity index (χ0) is 24.2. The van der Waals surface area contributed by atoms with Gasteiger partial charge in [0.15, 0.2) is 0 Å². The molecule has 0 aliphatic carbocycles. The van der Waals surface area contributed by atoms with E-state index in [2.05, 4.69) is 54.2 Å². The zero-order valence-electron chi connectivity index (χ0n) is 19.8. The Balaban J connectivity index is 1.95. The monoisotopic (exact) mass is 527 g/mol. The molecule has 0 bridgehead atoms. The summed E-state index contributed by atoms with van der Waals surface area (Å²) in [4.78, 5) is 26.8. The number of aryl methyl sites for hydroxylation is 1. The number of hydrogen-bond donors (Lipinski definition) is 1. The van der Waals surface area contributed by atoms with Gasteiger partial charge >= 0.3 is 5.97 Å². The Hall–Kier alpha value is -2.44. The first-order chi connectivity index (χ1) is 15.6. The molecule has 4 nitrogen and oxygen atoms in total. The van der Waals surface area contributed by atoms with Gasteiger partial charge < -0.3 is 10.1 Å². The van der Waals surface area contributed by atoms with Crippen LogP contribution < -0.4 is 5.32 Å². The van der Waals surface area contributed by atoms with Crippen LogP contribution in [-0.2, 0) is 21.4 Å². The van der Waals surface area contributed by atoms with Crippen LogP contribution in [0.25, 0.3) is 11.1 Å². The molecule has 0 saturated carbocycles. The summed E-state index contributed by atoms with van der Waals surface area (Å²) < 4.78 is 6.46. The Labute approximate surface area is 208 Å². The molecule has 3 aromatic rings. The van der Waals surface area contributed by atoms with Crippen molar-refractivity contribution in [1.82, 2.24) is 0 Å². The minimum Gasteiger partial charge on any atom is -0.462 e. The number of esters is 1. The molecular formula is C27H30BrNO3S. The molecule has 174 valence electrons. The van der Waals surface area contributed by atoms with Crippen molar-refractivity contribution in [2.45, 2.75) is 52.9 Å². The van der Waals surface area contributed by atoms with Crippen LogP contribution in [-0.4, -0.2) is 18.5 Å². The summed E-state index contributed by atoms with van der Waals surface area (Å²) in [6.07, 6.45) is 0.957. The molecule has 0 atom stereocenters. The number of ether oxygens (including phenoxy) is 1. The van der Waals surface area contributed by atoms with Crippen molar-refractivity contribution < 1.29 is 14.3 Å². The molecule has 6 heteroatoms. The fraction of sp³-hybridized carbons (Fsp3) is 0.333. The summed E-state index contributed by atoms with van der Waals surface area (Å²) in [6.45, 7) is 10.8. The maximum atomic E-state index is 13.1. The zero-order valence-corrected chi connectivity index (χ0v) is 22.2. The van der Waals surface area contributed by atoms with Gasteiger partial charge in [-0.05, 0) is 47.6 Å². The molecule has 0 fully saturated rings. The molecular weight excluding hydrogens is 498 g/mol. The molecule has 0 aliphatic rings. The van der Waals surface area contributed by atoms with Gasteiger partial charge in [0, 0.05) is 14.9 Å². The average molecular weight is 529 g/mol. The molecule has 0 saturated heterocycles. The van der Waals surface area contributed by atoms with Gasteiger partial charge in [0.2, 0.25) is 5.91 Å². The van der Waals surface area contributed by atoms with Crippen LogP contribution in [0.1, 0.15) is 60.5 Å². The van der Waals surface area contributed by atoms with Crippen LogP contribution in [0, 0.1) is 6.92 Å². The van der Waals surface area contributed by atoms with Crippen molar-refractivity contribution in [3.63, 3.8) is 0 Å². The van der Waals surface area contributed by atoms with Gasteiger partial charge in [-0.15, -0.1) is 11.3 Å². The third-order valence-corrected chi connectivity index (χ3v) is 6.85. The fourth-order valence-electron chi connectivity index (χ4n) is 3.54. The van der Waals surface area contributed by atoms with E-state index in [1.54, 1.807) is 0 Å². The smallest absolute Gasteiger partial charge is 0.341 e. The van der Waals surface area contributed by atoms with E-state index in [0.29, 0.717) is 17.2 Å². The summed E-state index contributed by atoms with van der Waals surface area (Å²) in [5.74, 6) is -0.576. The molecule has 2 aromatic carbocycles. The SMILES string of the molecule is CCCOC(=O)c1c(NC(=O)Cc2ccc(Br)cc2)sc(C)c1-c1ccc(C(C)(C)C)cc1. The Kier molecular flexibility index (Phi) is 8.14. The summed E-state index contributed by atoms with van der Waals surface area (Å²) in [6, 6.07) is 15.9. The molecule has 1 heterocycles. The van der Waals surface area contributed by atoms with Gasteiger partial charge in [-0.3, -0.25) is 4.79 Å². The highest BCUT2D eigenvalue weighted by Gasteiger charge is 2.26. The largest absolute Gasteiger partial charge is 0.462 e. The second-order valence-corrected chi connectivity index (χ2v) is 11.2. The van der Waals surface area contributed by atoms with Gasteiger partial charge in [-0.25, -0.2) is 4.79 Å². The first-order valence-corrected chi connectivity index (χ1v) is 12.7. The quantitative estimate of drug-likeness (QED) is 0.323. The lowest BCUT2D eigenvalue weighted by Gasteiger charge is -2.19. The summed E-state index contributed by atoms with van der Waals surface area (Å²) in [7, 11) is 0. The number of benzene rings is 2. The average Bonchev–Trinajstić information content (AvgIpc) is 3.08. The van der Waals surface area contributed by atoms with Gasteiger partial charge in [0.25, 0.3) is 0 Å². The number of anilines is 1. The Bertz CT molecular complexity index is 1130. The predicted octanol–water partition coefficient (Wildman–Crippen LogP) is 7.53. The van der Waals surface area contributed by atoms with Gasteiger partial charge in [0.05, 0.1) is 13.0 Å². The van der Waals surface area contributed by atoms with Crippen molar-refractivity contribution >= 4 is 44.1 Å². The third-order valence-electron chi connectivity index (χ3n) is 5.30. The van der Waals surface area contributed by atoms with Crippen molar-refractivity contribution in [3.8, 4) is 11.1 Å². The number of carbonyl (C=O) groups is 2. The van der Waals surface area contributed by atoms with Crippen LogP contribution in [0.2, 0.25) is 0 Å². The molecule has 0 aliphatic heterocycles. The second kappa shape index (κ2) is 10.7. The number of hydrogen-bond acceptors (Lipinski definition) is 4. The first-order valence-electron chi connectivity index (χ1n) is 11.1. The van der Waals surface area contributed by atoms with E-state index >= 15 is 0 Å². The fourth-order valence-corrected chi connectivity index (χ4v) is 4.88. The van der Waals surface area contributed by atoms with E-state index in [-0.39, 0.29) is 17.7 Å². The van der Waals surface area contributed by atoms with E-state index < -0.39 is 5.97 Å². The number of carbonyl (C=O) groups excluding carboxylic acids is 2. The molecule has 3 rings (SSSR count). The summed E-state index contributed by atoms with van der Waals surface area (Å²) in [5, 5.41) is 3.50. The van der Waals surface area contributed by atoms with Crippen LogP contribution in [0.4, 0.5) is 5.00 Å². The maximum Gasteiger partial charge on any atom is 0.341 e. The summed E-state index contributed by atoms with van der Waals surface area (Å²) >= 11 is 4.82. The van der Waals surface area contributed by atoms with E-state index in [1.165, 1.54) is 16.9 Å². The highest BCUT2D eigenvalue weighted by atomic mass is 79.9. The number of nitrogens with one attached hydrogen (secondary N) is 1. The van der Waals surface area contributed by atoms with Crippen molar-refractivity contribution in [2.75, 3.05) is 11.9 Å². The van der Waals surface area contributed by atoms with Gasteiger partial charge in [-0.1, -0.05) is 80.0 Å². The van der Waals surface area contributed by atoms with Crippen molar-refractivity contribution in [3.05, 3.63) is 74.6 Å². The minimum atomic E-state index is -0.407. The van der Waals surface area contributed by atoms with E-state index in [0.717, 1.165) is 32.5 Å². The second-order valence-electron chi connectivity index (χ2n) is 9.05. The molecule has 1 aromatic heterocycles. The maximum absolute atomic E-state index is 13.1. The molecule has 0 radical (unpaired) electrons. The van der Waals surface area contributed by atoms with Crippen LogP contribution >= 0.6 is 27.3 Å². The topological polar surface area (TPSA) is 55.4 Å². The molecule has 1 amide bonds. The number of halogens is 1. The summed E-state index contributed by atoms with van der Waals surface area (Å²) in [5.41, 5.74) is 4.35. The minimum absolute atomic E-state index is 0.0390. The number of thiophene rings is 1. The van der Waals surface area contributed by atoms with E-state index in [1.807, 2.05) is 50.2 Å². The number of rotatable bonds is 7. The third kappa shape index (κ3) is 6.33. The standard InChI is InChI=1S/C27H30BrNO3S/c1-6-15-32-26(31)24-23(19-9-11-20(12-10-19)27(3,4)5)17(2)33-25(24)29-22(30)16-18-7-13-21(28)14-8-18/h7-14H,6,15-16H2,1-5H3,(H,29,30). The highest BCUT2D eigenvalue weighted by Crippen LogP contribution is 2.41. The highest BCUT2D eigenvalue weighted by molar-refractivity contribution is 9.10. The predicted molar refractivity (Wildman–Crippen MR) is 140 cm³/mol.